The van der Waals surface area contributed by atoms with Gasteiger partial charge in [-0.1, -0.05) is 26.8 Å². The molecule has 0 aliphatic rings. The fraction of sp³-hybridized carbons (Fsp3) is 0.571. The topological polar surface area (TPSA) is 55.5 Å². The van der Waals surface area contributed by atoms with E-state index < -0.39 is 12.5 Å². The second-order valence-electron chi connectivity index (χ2n) is 5.68. The molecule has 20 heavy (non-hydrogen) atoms. The molecule has 0 aliphatic carbocycles. The first-order valence-electron chi connectivity index (χ1n) is 6.32. The summed E-state index contributed by atoms with van der Waals surface area (Å²) < 4.78 is 41.0. The summed E-state index contributed by atoms with van der Waals surface area (Å²) in [5.41, 5.74) is 6.03. The molecule has 0 amide bonds. The van der Waals surface area contributed by atoms with Gasteiger partial charge in [0.1, 0.15) is 5.75 Å². The molecule has 0 heterocycles. The van der Waals surface area contributed by atoms with E-state index in [1.165, 1.54) is 12.1 Å². The van der Waals surface area contributed by atoms with Crippen LogP contribution >= 0.6 is 0 Å². The van der Waals surface area contributed by atoms with Crippen LogP contribution in [0.5, 0.6) is 5.75 Å². The van der Waals surface area contributed by atoms with Crippen LogP contribution in [0.2, 0.25) is 0 Å². The number of benzene rings is 1. The molecule has 0 saturated heterocycles. The van der Waals surface area contributed by atoms with E-state index in [1.807, 2.05) is 20.8 Å². The van der Waals surface area contributed by atoms with Gasteiger partial charge in [-0.3, -0.25) is 0 Å². The molecular weight excluding hydrogens is 271 g/mol. The Labute approximate surface area is 116 Å². The van der Waals surface area contributed by atoms with Crippen LogP contribution in [-0.2, 0) is 5.41 Å². The number of aliphatic hydroxyl groups excluding tert-OH is 1. The van der Waals surface area contributed by atoms with Gasteiger partial charge < -0.3 is 15.6 Å². The minimum absolute atomic E-state index is 0.246. The number of alkyl halides is 3. The van der Waals surface area contributed by atoms with Gasteiger partial charge >= 0.3 is 6.36 Å². The van der Waals surface area contributed by atoms with Crippen molar-refractivity contribution >= 4 is 0 Å². The summed E-state index contributed by atoms with van der Waals surface area (Å²) in [6, 6.07) is 4.22. The number of hydrogen-bond donors (Lipinski definition) is 2. The molecule has 114 valence electrons. The predicted molar refractivity (Wildman–Crippen MR) is 70.5 cm³/mol. The second kappa shape index (κ2) is 6.01. The van der Waals surface area contributed by atoms with E-state index in [-0.39, 0.29) is 24.1 Å². The van der Waals surface area contributed by atoms with Gasteiger partial charge in [-0.25, -0.2) is 0 Å². The first kappa shape index (κ1) is 16.8. The smallest absolute Gasteiger partial charge is 0.406 e. The molecule has 1 aromatic rings. The normalized spacial score (nSPS) is 14.2. The minimum atomic E-state index is -4.76. The van der Waals surface area contributed by atoms with E-state index in [4.69, 9.17) is 5.73 Å². The number of nitrogens with two attached hydrogens (primary N) is 1. The van der Waals surface area contributed by atoms with Crippen molar-refractivity contribution in [3.8, 4) is 5.75 Å². The molecule has 3 N–H and O–H groups in total. The maximum Gasteiger partial charge on any atom is 0.573 e. The van der Waals surface area contributed by atoms with E-state index in [0.29, 0.717) is 11.1 Å². The average Bonchev–Trinajstić information content (AvgIpc) is 2.25. The Morgan fingerprint density at radius 2 is 1.80 bits per heavy atom. The fourth-order valence-corrected chi connectivity index (χ4v) is 1.76. The van der Waals surface area contributed by atoms with Crippen molar-refractivity contribution in [3.63, 3.8) is 0 Å². The first-order valence-corrected chi connectivity index (χ1v) is 6.32. The van der Waals surface area contributed by atoms with Crippen molar-refractivity contribution in [2.45, 2.75) is 45.1 Å². The minimum Gasteiger partial charge on any atom is -0.406 e. The second-order valence-corrected chi connectivity index (χ2v) is 5.68. The third-order valence-electron chi connectivity index (χ3n) is 2.85. The lowest BCUT2D eigenvalue weighted by molar-refractivity contribution is -0.274. The zero-order valence-corrected chi connectivity index (χ0v) is 11.8. The summed E-state index contributed by atoms with van der Waals surface area (Å²) in [7, 11) is 0. The van der Waals surface area contributed by atoms with Gasteiger partial charge in [0, 0.05) is 0 Å². The van der Waals surface area contributed by atoms with Gasteiger partial charge in [-0.15, -0.1) is 13.2 Å². The summed E-state index contributed by atoms with van der Waals surface area (Å²) in [6.07, 6.45) is -5.39. The van der Waals surface area contributed by atoms with E-state index >= 15 is 0 Å². The number of rotatable bonds is 4. The van der Waals surface area contributed by atoms with E-state index in [0.717, 1.165) is 0 Å². The number of ether oxygens (including phenoxy) is 1. The number of hydrogen-bond acceptors (Lipinski definition) is 3. The molecule has 6 heteroatoms. The van der Waals surface area contributed by atoms with Crippen molar-refractivity contribution < 1.29 is 23.0 Å². The fourth-order valence-electron chi connectivity index (χ4n) is 1.76. The molecule has 1 unspecified atom stereocenters. The monoisotopic (exact) mass is 291 g/mol. The average molecular weight is 291 g/mol. The zero-order valence-electron chi connectivity index (χ0n) is 11.8. The third kappa shape index (κ3) is 5.02. The van der Waals surface area contributed by atoms with Crippen molar-refractivity contribution in [3.05, 3.63) is 29.3 Å². The Balaban J connectivity index is 3.21. The van der Waals surface area contributed by atoms with E-state index in [2.05, 4.69) is 4.74 Å². The van der Waals surface area contributed by atoms with Crippen molar-refractivity contribution in [2.75, 3.05) is 6.54 Å². The molecule has 0 radical (unpaired) electrons. The highest BCUT2D eigenvalue weighted by molar-refractivity contribution is 5.38. The summed E-state index contributed by atoms with van der Waals surface area (Å²) in [4.78, 5) is 0. The highest BCUT2D eigenvalue weighted by atomic mass is 19.4. The molecule has 0 aromatic heterocycles. The van der Waals surface area contributed by atoms with Gasteiger partial charge in [-0.2, -0.15) is 0 Å². The maximum absolute atomic E-state index is 12.3. The SMILES string of the molecule is CC(C)(C)c1cc(OC(F)(F)F)cc(C(O)CCN)c1. The van der Waals surface area contributed by atoms with Crippen LogP contribution in [0.1, 0.15) is 44.4 Å². The van der Waals surface area contributed by atoms with Crippen LogP contribution in [0, 0.1) is 0 Å². The van der Waals surface area contributed by atoms with Crippen LogP contribution in [0.15, 0.2) is 18.2 Å². The lowest BCUT2D eigenvalue weighted by Gasteiger charge is -2.23. The molecule has 0 saturated carbocycles. The van der Waals surface area contributed by atoms with Crippen LogP contribution < -0.4 is 10.5 Å². The summed E-state index contributed by atoms with van der Waals surface area (Å²) in [5.74, 6) is -0.323. The van der Waals surface area contributed by atoms with Crippen LogP contribution in [0.3, 0.4) is 0 Å². The van der Waals surface area contributed by atoms with Crippen molar-refractivity contribution in [1.29, 1.82) is 0 Å². The van der Waals surface area contributed by atoms with Crippen LogP contribution in [-0.4, -0.2) is 18.0 Å². The van der Waals surface area contributed by atoms with Crippen LogP contribution in [0.4, 0.5) is 13.2 Å². The number of aliphatic hydroxyl groups is 1. The van der Waals surface area contributed by atoms with Crippen molar-refractivity contribution in [2.24, 2.45) is 5.73 Å². The quantitative estimate of drug-likeness (QED) is 0.895. The molecule has 1 aromatic carbocycles. The Bertz CT molecular complexity index is 453. The predicted octanol–water partition coefficient (Wildman–Crippen LogP) is 3.26. The summed E-state index contributed by atoms with van der Waals surface area (Å²) in [6.45, 7) is 5.87. The summed E-state index contributed by atoms with van der Waals surface area (Å²) >= 11 is 0. The van der Waals surface area contributed by atoms with Gasteiger partial charge in [0.2, 0.25) is 0 Å². The Kier molecular flexibility index (Phi) is 5.05. The zero-order chi connectivity index (χ0) is 15.6. The molecule has 0 aliphatic heterocycles. The molecular formula is C14H20F3NO2. The first-order chi connectivity index (χ1) is 9.03. The van der Waals surface area contributed by atoms with Gasteiger partial charge in [0.15, 0.2) is 0 Å². The Morgan fingerprint density at radius 1 is 1.20 bits per heavy atom. The molecule has 0 fully saturated rings. The van der Waals surface area contributed by atoms with Crippen molar-refractivity contribution in [1.82, 2.24) is 0 Å². The Morgan fingerprint density at radius 3 is 2.25 bits per heavy atom. The Hall–Kier alpha value is -1.27. The van der Waals surface area contributed by atoms with E-state index in [9.17, 15) is 18.3 Å². The lowest BCUT2D eigenvalue weighted by Crippen LogP contribution is -2.19. The van der Waals surface area contributed by atoms with Gasteiger partial charge in [-0.05, 0) is 41.6 Å². The molecule has 1 rings (SSSR count). The molecule has 0 spiro atoms. The molecule has 0 bridgehead atoms. The molecule has 3 nitrogen and oxygen atoms in total. The molecule has 1 atom stereocenters. The standard InChI is InChI=1S/C14H20F3NO2/c1-13(2,3)10-6-9(12(19)4-5-18)7-11(8-10)20-14(15,16)17/h6-8,12,19H,4-5,18H2,1-3H3. The van der Waals surface area contributed by atoms with Gasteiger partial charge in [0.25, 0.3) is 0 Å². The van der Waals surface area contributed by atoms with Crippen LogP contribution in [0.25, 0.3) is 0 Å². The van der Waals surface area contributed by atoms with E-state index in [1.54, 1.807) is 6.07 Å². The third-order valence-corrected chi connectivity index (χ3v) is 2.85. The maximum atomic E-state index is 12.3. The highest BCUT2D eigenvalue weighted by Crippen LogP contribution is 2.33. The highest BCUT2D eigenvalue weighted by Gasteiger charge is 2.32. The lowest BCUT2D eigenvalue weighted by atomic mass is 9.85. The number of halogens is 3. The summed E-state index contributed by atoms with van der Waals surface area (Å²) in [5, 5.41) is 9.92. The largest absolute Gasteiger partial charge is 0.573 e. The van der Waals surface area contributed by atoms with Gasteiger partial charge in [0.05, 0.1) is 6.10 Å².